The maximum atomic E-state index is 11.8. The summed E-state index contributed by atoms with van der Waals surface area (Å²) >= 11 is -0.213. The third-order valence-electron chi connectivity index (χ3n) is 2.13. The quantitative estimate of drug-likeness (QED) is 0.596. The second-order valence-corrected chi connectivity index (χ2v) is 5.29. The van der Waals surface area contributed by atoms with Crippen LogP contribution in [0.3, 0.4) is 0 Å². The summed E-state index contributed by atoms with van der Waals surface area (Å²) in [7, 11) is 0. The Morgan fingerprint density at radius 1 is 1.26 bits per heavy atom. The van der Waals surface area contributed by atoms with Crippen molar-refractivity contribution in [3.63, 3.8) is 0 Å². The molecule has 0 bridgehead atoms. The van der Waals surface area contributed by atoms with Crippen molar-refractivity contribution in [1.82, 2.24) is 10.6 Å². The number of rotatable bonds is 7. The summed E-state index contributed by atoms with van der Waals surface area (Å²) in [5, 5.41) is 4.58. The van der Waals surface area contributed by atoms with Crippen molar-refractivity contribution in [3.05, 3.63) is 0 Å². The van der Waals surface area contributed by atoms with Gasteiger partial charge in [0, 0.05) is 12.3 Å². The maximum Gasteiger partial charge on any atom is 0.441 e. The van der Waals surface area contributed by atoms with Crippen molar-refractivity contribution in [2.75, 3.05) is 18.8 Å². The van der Waals surface area contributed by atoms with E-state index in [2.05, 4.69) is 10.6 Å². The molecule has 0 radical (unpaired) electrons. The van der Waals surface area contributed by atoms with Gasteiger partial charge in [-0.1, -0.05) is 13.8 Å². The molecule has 0 aromatic carbocycles. The summed E-state index contributed by atoms with van der Waals surface area (Å²) in [6.07, 6.45) is 0. The van der Waals surface area contributed by atoms with Crippen LogP contribution >= 0.6 is 11.8 Å². The number of halogens is 3. The summed E-state index contributed by atoms with van der Waals surface area (Å²) in [4.78, 5) is 22.6. The van der Waals surface area contributed by atoms with E-state index in [0.717, 1.165) is 0 Å². The predicted octanol–water partition coefficient (Wildman–Crippen LogP) is 0.455. The van der Waals surface area contributed by atoms with Crippen molar-refractivity contribution in [3.8, 4) is 0 Å². The van der Waals surface area contributed by atoms with Crippen molar-refractivity contribution in [1.29, 1.82) is 0 Å². The maximum absolute atomic E-state index is 11.8. The van der Waals surface area contributed by atoms with Crippen LogP contribution in [0.1, 0.15) is 13.8 Å². The van der Waals surface area contributed by atoms with Gasteiger partial charge in [-0.15, -0.1) is 0 Å². The highest BCUT2D eigenvalue weighted by molar-refractivity contribution is 8.00. The van der Waals surface area contributed by atoms with Gasteiger partial charge >= 0.3 is 5.51 Å². The van der Waals surface area contributed by atoms with Gasteiger partial charge in [0.15, 0.2) is 0 Å². The fourth-order valence-electron chi connectivity index (χ4n) is 1.01. The van der Waals surface area contributed by atoms with E-state index in [1.807, 2.05) is 0 Å². The zero-order valence-corrected chi connectivity index (χ0v) is 11.5. The van der Waals surface area contributed by atoms with Crippen LogP contribution in [-0.4, -0.2) is 42.2 Å². The Bertz CT molecular complexity index is 311. The number of nitrogens with one attached hydrogen (secondary N) is 2. The lowest BCUT2D eigenvalue weighted by Crippen LogP contribution is -2.47. The Balaban J connectivity index is 3.74. The summed E-state index contributed by atoms with van der Waals surface area (Å²) in [6, 6.07) is -0.714. The first-order chi connectivity index (χ1) is 8.63. The lowest BCUT2D eigenvalue weighted by atomic mass is 10.1. The van der Waals surface area contributed by atoms with Gasteiger partial charge in [-0.05, 0) is 17.7 Å². The lowest BCUT2D eigenvalue weighted by Gasteiger charge is -2.15. The number of carbonyl (C=O) groups excluding carboxylic acids is 2. The molecule has 19 heavy (non-hydrogen) atoms. The van der Waals surface area contributed by atoms with Gasteiger partial charge in [-0.25, -0.2) is 0 Å². The second-order valence-electron chi connectivity index (χ2n) is 4.13. The fourth-order valence-corrected chi connectivity index (χ4v) is 1.44. The van der Waals surface area contributed by atoms with Crippen molar-refractivity contribution in [2.45, 2.75) is 25.4 Å². The first kappa shape index (κ1) is 18.0. The number of hydrogen-bond acceptors (Lipinski definition) is 4. The minimum atomic E-state index is -4.30. The molecule has 0 aromatic rings. The molecular weight excluding hydrogens is 283 g/mol. The minimum absolute atomic E-state index is 0.0637. The molecule has 0 aliphatic carbocycles. The fraction of sp³-hybridized carbons (Fsp3) is 0.800. The number of hydrogen-bond donors (Lipinski definition) is 3. The molecule has 5 nitrogen and oxygen atoms in total. The Hall–Kier alpha value is -0.960. The van der Waals surface area contributed by atoms with Crippen LogP contribution < -0.4 is 16.4 Å². The van der Waals surface area contributed by atoms with E-state index in [-0.39, 0.29) is 36.5 Å². The minimum Gasteiger partial charge on any atom is -0.354 e. The normalized spacial score (nSPS) is 13.2. The Morgan fingerprint density at radius 2 is 1.84 bits per heavy atom. The standard InChI is InChI=1S/C10H18F3N3O2S/c1-6(2)8(14)9(18)16-5-7(17)15-3-4-19-10(11,12)13/h6,8H,3-5,14H2,1-2H3,(H,15,17)(H,16,18)/t8-/m0/s1. The van der Waals surface area contributed by atoms with Gasteiger partial charge in [0.2, 0.25) is 11.8 Å². The van der Waals surface area contributed by atoms with Crippen LogP contribution in [0.2, 0.25) is 0 Å². The van der Waals surface area contributed by atoms with Gasteiger partial charge < -0.3 is 16.4 Å². The van der Waals surface area contributed by atoms with Crippen molar-refractivity contribution < 1.29 is 22.8 Å². The molecule has 1 atom stereocenters. The molecule has 9 heteroatoms. The summed E-state index contributed by atoms with van der Waals surface area (Å²) in [5.74, 6) is -1.34. The molecule has 112 valence electrons. The first-order valence-electron chi connectivity index (χ1n) is 5.64. The zero-order valence-electron chi connectivity index (χ0n) is 10.7. The SMILES string of the molecule is CC(C)[C@H](N)C(=O)NCC(=O)NCCSC(F)(F)F. The van der Waals surface area contributed by atoms with Gasteiger partial charge in [-0.3, -0.25) is 9.59 Å². The van der Waals surface area contributed by atoms with Gasteiger partial charge in [0.25, 0.3) is 0 Å². The van der Waals surface area contributed by atoms with Crippen LogP contribution in [0.5, 0.6) is 0 Å². The molecule has 0 heterocycles. The molecule has 4 N–H and O–H groups in total. The Labute approximate surface area is 113 Å². The number of thioether (sulfide) groups is 1. The first-order valence-corrected chi connectivity index (χ1v) is 6.62. The van der Waals surface area contributed by atoms with E-state index >= 15 is 0 Å². The van der Waals surface area contributed by atoms with E-state index in [4.69, 9.17) is 5.73 Å². The summed E-state index contributed by atoms with van der Waals surface area (Å²) in [5.41, 5.74) is 1.24. The van der Waals surface area contributed by atoms with Gasteiger partial charge in [0.1, 0.15) is 0 Å². The molecule has 0 saturated carbocycles. The third kappa shape index (κ3) is 9.60. The van der Waals surface area contributed by atoms with Crippen LogP contribution in [0.25, 0.3) is 0 Å². The van der Waals surface area contributed by atoms with Crippen LogP contribution in [0.15, 0.2) is 0 Å². The predicted molar refractivity (Wildman–Crippen MR) is 67.3 cm³/mol. The van der Waals surface area contributed by atoms with Crippen molar-refractivity contribution >= 4 is 23.6 Å². The molecule has 0 aliphatic rings. The molecule has 0 rings (SSSR count). The molecule has 0 aliphatic heterocycles. The zero-order chi connectivity index (χ0) is 15.1. The number of amides is 2. The van der Waals surface area contributed by atoms with E-state index < -0.39 is 23.4 Å². The molecule has 2 amide bonds. The molecular formula is C10H18F3N3O2S. The van der Waals surface area contributed by atoms with Crippen LogP contribution in [0.4, 0.5) is 13.2 Å². The number of alkyl halides is 3. The van der Waals surface area contributed by atoms with Crippen LogP contribution in [-0.2, 0) is 9.59 Å². The summed E-state index contributed by atoms with van der Waals surface area (Å²) in [6.45, 7) is 3.11. The largest absolute Gasteiger partial charge is 0.441 e. The smallest absolute Gasteiger partial charge is 0.354 e. The Morgan fingerprint density at radius 3 is 2.32 bits per heavy atom. The molecule has 0 unspecified atom stereocenters. The summed E-state index contributed by atoms with van der Waals surface area (Å²) < 4.78 is 35.3. The van der Waals surface area contributed by atoms with E-state index in [1.54, 1.807) is 13.8 Å². The molecule has 0 aromatic heterocycles. The molecule has 0 fully saturated rings. The van der Waals surface area contributed by atoms with Gasteiger partial charge in [-0.2, -0.15) is 13.2 Å². The van der Waals surface area contributed by atoms with E-state index in [1.165, 1.54) is 0 Å². The monoisotopic (exact) mass is 301 g/mol. The van der Waals surface area contributed by atoms with E-state index in [9.17, 15) is 22.8 Å². The highest BCUT2D eigenvalue weighted by Gasteiger charge is 2.27. The molecule has 0 spiro atoms. The highest BCUT2D eigenvalue weighted by atomic mass is 32.2. The highest BCUT2D eigenvalue weighted by Crippen LogP contribution is 2.29. The van der Waals surface area contributed by atoms with E-state index in [0.29, 0.717) is 0 Å². The lowest BCUT2D eigenvalue weighted by molar-refractivity contribution is -0.127. The number of carbonyl (C=O) groups is 2. The van der Waals surface area contributed by atoms with Crippen molar-refractivity contribution in [2.24, 2.45) is 11.7 Å². The van der Waals surface area contributed by atoms with Gasteiger partial charge in [0.05, 0.1) is 12.6 Å². The average molecular weight is 301 g/mol. The number of nitrogens with two attached hydrogens (primary N) is 1. The Kier molecular flexibility index (Phi) is 7.84. The van der Waals surface area contributed by atoms with Crippen LogP contribution in [0, 0.1) is 5.92 Å². The topological polar surface area (TPSA) is 84.2 Å². The molecule has 0 saturated heterocycles. The third-order valence-corrected chi connectivity index (χ3v) is 2.87. The average Bonchev–Trinajstić information content (AvgIpc) is 2.29. The second kappa shape index (κ2) is 8.26.